The lowest BCUT2D eigenvalue weighted by atomic mass is 9.72. The normalized spacial score (nSPS) is 41.7. The lowest BCUT2D eigenvalue weighted by Gasteiger charge is -2.35. The van der Waals surface area contributed by atoms with Crippen molar-refractivity contribution in [2.24, 2.45) is 23.7 Å². The largest absolute Gasteiger partial charge is 0.393 e. The molecule has 0 bridgehead atoms. The summed E-state index contributed by atoms with van der Waals surface area (Å²) in [7, 11) is -2.80. The van der Waals surface area contributed by atoms with Crippen LogP contribution in [0.4, 0.5) is 0 Å². The van der Waals surface area contributed by atoms with Crippen molar-refractivity contribution >= 4 is 9.84 Å². The number of hydrogen-bond donors (Lipinski definition) is 1. The van der Waals surface area contributed by atoms with Gasteiger partial charge >= 0.3 is 0 Å². The van der Waals surface area contributed by atoms with E-state index in [0.717, 1.165) is 25.2 Å². The number of sulfone groups is 1. The monoisotopic (exact) mass is 274 g/mol. The van der Waals surface area contributed by atoms with Gasteiger partial charge in [-0.2, -0.15) is 0 Å². The van der Waals surface area contributed by atoms with Crippen molar-refractivity contribution in [3.05, 3.63) is 0 Å². The van der Waals surface area contributed by atoms with Crippen LogP contribution in [0.3, 0.4) is 0 Å². The van der Waals surface area contributed by atoms with Gasteiger partial charge in [-0.05, 0) is 49.4 Å². The maximum absolute atomic E-state index is 11.4. The minimum absolute atomic E-state index is 0.194. The fourth-order valence-corrected chi connectivity index (χ4v) is 5.41. The van der Waals surface area contributed by atoms with Crippen molar-refractivity contribution in [1.82, 2.24) is 0 Å². The van der Waals surface area contributed by atoms with Crippen LogP contribution in [0.15, 0.2) is 0 Å². The van der Waals surface area contributed by atoms with E-state index in [1.807, 2.05) is 0 Å². The molecule has 0 aromatic heterocycles. The predicted octanol–water partition coefficient (Wildman–Crippen LogP) is 2.24. The van der Waals surface area contributed by atoms with Gasteiger partial charge in [0, 0.05) is 0 Å². The molecule has 1 saturated heterocycles. The summed E-state index contributed by atoms with van der Waals surface area (Å²) < 4.78 is 22.8. The Morgan fingerprint density at radius 2 is 1.89 bits per heavy atom. The Hall–Kier alpha value is -0.0900. The highest BCUT2D eigenvalue weighted by atomic mass is 32.2. The third-order valence-electron chi connectivity index (χ3n) is 5.08. The van der Waals surface area contributed by atoms with E-state index in [0.29, 0.717) is 29.8 Å². The summed E-state index contributed by atoms with van der Waals surface area (Å²) in [5, 5.41) is 10.3. The van der Waals surface area contributed by atoms with Crippen LogP contribution in [0.2, 0.25) is 0 Å². The molecule has 2 fully saturated rings. The first-order valence-corrected chi connectivity index (χ1v) is 9.08. The average Bonchev–Trinajstić information content (AvgIpc) is 2.62. The van der Waals surface area contributed by atoms with Crippen molar-refractivity contribution in [3.8, 4) is 0 Å². The molecule has 18 heavy (non-hydrogen) atoms. The molecule has 5 atom stereocenters. The lowest BCUT2D eigenvalue weighted by molar-refractivity contribution is 0.0413. The van der Waals surface area contributed by atoms with E-state index >= 15 is 0 Å². The zero-order valence-electron chi connectivity index (χ0n) is 11.5. The van der Waals surface area contributed by atoms with Crippen molar-refractivity contribution in [3.63, 3.8) is 0 Å². The molecule has 0 amide bonds. The van der Waals surface area contributed by atoms with Crippen molar-refractivity contribution in [2.75, 3.05) is 11.5 Å². The molecule has 0 aromatic carbocycles. The summed E-state index contributed by atoms with van der Waals surface area (Å²) in [6.45, 7) is 4.56. The van der Waals surface area contributed by atoms with E-state index in [4.69, 9.17) is 0 Å². The molecule has 1 heterocycles. The van der Waals surface area contributed by atoms with Gasteiger partial charge in [0.25, 0.3) is 0 Å². The van der Waals surface area contributed by atoms with Gasteiger partial charge in [0.15, 0.2) is 9.84 Å². The highest BCUT2D eigenvalue weighted by molar-refractivity contribution is 7.91. The van der Waals surface area contributed by atoms with Crippen LogP contribution in [0, 0.1) is 23.7 Å². The third kappa shape index (κ3) is 3.47. The predicted molar refractivity (Wildman–Crippen MR) is 73.1 cm³/mol. The van der Waals surface area contributed by atoms with Crippen LogP contribution in [-0.4, -0.2) is 31.1 Å². The maximum atomic E-state index is 11.4. The second kappa shape index (κ2) is 5.49. The molecule has 0 radical (unpaired) electrons. The smallest absolute Gasteiger partial charge is 0.150 e. The van der Waals surface area contributed by atoms with Crippen molar-refractivity contribution in [1.29, 1.82) is 0 Å². The van der Waals surface area contributed by atoms with E-state index in [2.05, 4.69) is 13.8 Å². The summed E-state index contributed by atoms with van der Waals surface area (Å²) in [5.74, 6) is 2.65. The molecule has 0 aromatic rings. The van der Waals surface area contributed by atoms with Gasteiger partial charge in [-0.15, -0.1) is 0 Å². The Bertz CT molecular complexity index is 377. The average molecular weight is 274 g/mol. The number of rotatable bonds is 3. The molecule has 5 unspecified atom stereocenters. The van der Waals surface area contributed by atoms with E-state index in [1.165, 1.54) is 6.42 Å². The fourth-order valence-electron chi connectivity index (χ4n) is 3.53. The van der Waals surface area contributed by atoms with E-state index in [-0.39, 0.29) is 12.0 Å². The molecule has 1 N–H and O–H groups in total. The van der Waals surface area contributed by atoms with Gasteiger partial charge in [0.1, 0.15) is 0 Å². The Balaban J connectivity index is 1.83. The Kier molecular flexibility index (Phi) is 4.37. The minimum Gasteiger partial charge on any atom is -0.393 e. The standard InChI is InChI=1S/C14H26O3S/c1-10-3-4-13(7-11(10)2)14(15)8-12-5-6-18(16,17)9-12/h10-15H,3-9H2,1-2H3. The Morgan fingerprint density at radius 3 is 2.44 bits per heavy atom. The molecule has 3 nitrogen and oxygen atoms in total. The first kappa shape index (κ1) is 14.3. The minimum atomic E-state index is -2.80. The number of aliphatic hydroxyl groups is 1. The van der Waals surface area contributed by atoms with Crippen LogP contribution < -0.4 is 0 Å². The first-order chi connectivity index (χ1) is 8.37. The first-order valence-electron chi connectivity index (χ1n) is 7.26. The highest BCUT2D eigenvalue weighted by Gasteiger charge is 2.34. The number of aliphatic hydroxyl groups excluding tert-OH is 1. The van der Waals surface area contributed by atoms with E-state index < -0.39 is 9.84 Å². The lowest BCUT2D eigenvalue weighted by Crippen LogP contribution is -2.31. The van der Waals surface area contributed by atoms with Gasteiger partial charge in [0.2, 0.25) is 0 Å². The summed E-state index contributed by atoms with van der Waals surface area (Å²) in [6.07, 6.45) is 4.54. The molecule has 1 aliphatic heterocycles. The molecule has 2 aliphatic rings. The molecule has 1 saturated carbocycles. The second-order valence-corrected chi connectivity index (χ2v) is 8.83. The SMILES string of the molecule is CC1CCC(C(O)CC2CCS(=O)(=O)C2)CC1C. The van der Waals surface area contributed by atoms with Crippen LogP contribution in [0.5, 0.6) is 0 Å². The summed E-state index contributed by atoms with van der Waals surface area (Å²) in [6, 6.07) is 0. The van der Waals surface area contributed by atoms with Crippen LogP contribution in [-0.2, 0) is 9.84 Å². The maximum Gasteiger partial charge on any atom is 0.150 e. The quantitative estimate of drug-likeness (QED) is 0.858. The summed E-state index contributed by atoms with van der Waals surface area (Å²) in [5.41, 5.74) is 0. The molecular weight excluding hydrogens is 248 g/mol. The molecule has 2 rings (SSSR count). The fraction of sp³-hybridized carbons (Fsp3) is 1.00. The Morgan fingerprint density at radius 1 is 1.17 bits per heavy atom. The van der Waals surface area contributed by atoms with Gasteiger partial charge in [-0.25, -0.2) is 8.42 Å². The second-order valence-electron chi connectivity index (χ2n) is 6.60. The summed E-state index contributed by atoms with van der Waals surface area (Å²) in [4.78, 5) is 0. The highest BCUT2D eigenvalue weighted by Crippen LogP contribution is 2.37. The molecule has 106 valence electrons. The van der Waals surface area contributed by atoms with Gasteiger partial charge in [-0.3, -0.25) is 0 Å². The molecule has 4 heteroatoms. The molecule has 0 spiro atoms. The summed E-state index contributed by atoms with van der Waals surface area (Å²) >= 11 is 0. The van der Waals surface area contributed by atoms with E-state index in [1.54, 1.807) is 0 Å². The molecule has 1 aliphatic carbocycles. The van der Waals surface area contributed by atoms with Gasteiger partial charge < -0.3 is 5.11 Å². The van der Waals surface area contributed by atoms with Crippen LogP contribution in [0.1, 0.15) is 46.0 Å². The van der Waals surface area contributed by atoms with Crippen molar-refractivity contribution < 1.29 is 13.5 Å². The third-order valence-corrected chi connectivity index (χ3v) is 6.92. The molecular formula is C14H26O3S. The van der Waals surface area contributed by atoms with Crippen LogP contribution in [0.25, 0.3) is 0 Å². The van der Waals surface area contributed by atoms with Crippen LogP contribution >= 0.6 is 0 Å². The van der Waals surface area contributed by atoms with Gasteiger partial charge in [0.05, 0.1) is 17.6 Å². The number of hydrogen-bond acceptors (Lipinski definition) is 3. The van der Waals surface area contributed by atoms with E-state index in [9.17, 15) is 13.5 Å². The zero-order valence-corrected chi connectivity index (χ0v) is 12.3. The zero-order chi connectivity index (χ0) is 13.3. The Labute approximate surface area is 111 Å². The van der Waals surface area contributed by atoms with Gasteiger partial charge in [-0.1, -0.05) is 20.3 Å². The topological polar surface area (TPSA) is 54.4 Å². The van der Waals surface area contributed by atoms with Crippen molar-refractivity contribution in [2.45, 2.75) is 52.1 Å².